The van der Waals surface area contributed by atoms with Crippen molar-refractivity contribution in [1.82, 2.24) is 0 Å². The first kappa shape index (κ1) is 22.1. The van der Waals surface area contributed by atoms with Gasteiger partial charge < -0.3 is 10.2 Å². The molecule has 3 aromatic rings. The van der Waals surface area contributed by atoms with Crippen LogP contribution in [-0.2, 0) is 11.4 Å². The highest BCUT2D eigenvalue weighted by Crippen LogP contribution is 2.25. The molecule has 3 aromatic carbocycles. The van der Waals surface area contributed by atoms with Gasteiger partial charge in [-0.2, -0.15) is 0 Å². The summed E-state index contributed by atoms with van der Waals surface area (Å²) in [7, 11) is 0. The molecule has 0 fully saturated rings. The van der Waals surface area contributed by atoms with Gasteiger partial charge in [0.15, 0.2) is 5.78 Å². The van der Waals surface area contributed by atoms with E-state index in [-0.39, 0.29) is 18.8 Å². The summed E-state index contributed by atoms with van der Waals surface area (Å²) in [5.74, 6) is -1.67. The van der Waals surface area contributed by atoms with E-state index >= 15 is 0 Å². The Labute approximate surface area is 184 Å². The molecular formula is C24H21ClO4S. The van der Waals surface area contributed by atoms with Crippen LogP contribution in [0.5, 0.6) is 0 Å². The van der Waals surface area contributed by atoms with Crippen molar-refractivity contribution >= 4 is 35.1 Å². The second-order valence-corrected chi connectivity index (χ2v) is 8.39. The van der Waals surface area contributed by atoms with Crippen LogP contribution in [0.3, 0.4) is 0 Å². The highest BCUT2D eigenvalue weighted by atomic mass is 35.5. The van der Waals surface area contributed by atoms with Crippen LogP contribution in [-0.4, -0.2) is 27.7 Å². The van der Waals surface area contributed by atoms with Crippen molar-refractivity contribution in [3.8, 4) is 11.1 Å². The zero-order valence-corrected chi connectivity index (χ0v) is 17.7. The number of aliphatic carboxylic acids is 1. The van der Waals surface area contributed by atoms with E-state index < -0.39 is 11.9 Å². The van der Waals surface area contributed by atoms with Crippen LogP contribution in [0.1, 0.15) is 22.3 Å². The minimum Gasteiger partial charge on any atom is -0.481 e. The maximum atomic E-state index is 12.6. The number of carboxylic acid groups (broad SMARTS) is 1. The summed E-state index contributed by atoms with van der Waals surface area (Å²) in [5.41, 5.74) is 3.24. The molecular weight excluding hydrogens is 420 g/mol. The van der Waals surface area contributed by atoms with Crippen molar-refractivity contribution in [3.63, 3.8) is 0 Å². The van der Waals surface area contributed by atoms with E-state index in [0.29, 0.717) is 16.3 Å². The molecule has 30 heavy (non-hydrogen) atoms. The fourth-order valence-corrected chi connectivity index (χ4v) is 4.05. The number of hydrogen-bond acceptors (Lipinski definition) is 4. The monoisotopic (exact) mass is 440 g/mol. The van der Waals surface area contributed by atoms with E-state index in [4.69, 9.17) is 16.7 Å². The Hall–Kier alpha value is -2.60. The van der Waals surface area contributed by atoms with Crippen LogP contribution >= 0.6 is 23.4 Å². The van der Waals surface area contributed by atoms with Gasteiger partial charge in [0.05, 0.1) is 12.5 Å². The summed E-state index contributed by atoms with van der Waals surface area (Å²) in [6.45, 7) is -0.0337. The second kappa shape index (κ2) is 10.4. The number of benzene rings is 3. The van der Waals surface area contributed by atoms with Crippen LogP contribution in [0.2, 0.25) is 5.02 Å². The third-order valence-corrected chi connectivity index (χ3v) is 6.15. The molecule has 0 aromatic heterocycles. The Balaban J connectivity index is 1.62. The lowest BCUT2D eigenvalue weighted by atomic mass is 9.97. The fraction of sp³-hybridized carbons (Fsp3) is 0.167. The molecule has 4 nitrogen and oxygen atoms in total. The summed E-state index contributed by atoms with van der Waals surface area (Å²) in [4.78, 5) is 25.2. The van der Waals surface area contributed by atoms with Gasteiger partial charge in [0, 0.05) is 27.7 Å². The molecule has 0 bridgehead atoms. The maximum absolute atomic E-state index is 12.6. The number of carbonyl (C=O) groups is 2. The predicted molar refractivity (Wildman–Crippen MR) is 120 cm³/mol. The number of hydrogen-bond donors (Lipinski definition) is 2. The predicted octanol–water partition coefficient (Wildman–Crippen LogP) is 5.57. The zero-order valence-electron chi connectivity index (χ0n) is 16.1. The summed E-state index contributed by atoms with van der Waals surface area (Å²) in [5, 5.41) is 19.3. The Morgan fingerprint density at radius 1 is 0.867 bits per heavy atom. The topological polar surface area (TPSA) is 74.6 Å². The first-order chi connectivity index (χ1) is 14.5. The second-order valence-electron chi connectivity index (χ2n) is 6.86. The van der Waals surface area contributed by atoms with E-state index in [0.717, 1.165) is 21.6 Å². The van der Waals surface area contributed by atoms with Crippen molar-refractivity contribution < 1.29 is 19.8 Å². The molecule has 0 saturated carbocycles. The molecule has 0 amide bonds. The lowest BCUT2D eigenvalue weighted by Crippen LogP contribution is -2.20. The highest BCUT2D eigenvalue weighted by Gasteiger charge is 2.22. The SMILES string of the molecule is O=C(CC(CSc1ccc(CO)cc1)C(=O)O)c1ccc(-c2ccc(Cl)cc2)cc1. The Morgan fingerprint density at radius 2 is 1.43 bits per heavy atom. The molecule has 0 aliphatic rings. The van der Waals surface area contributed by atoms with Crippen LogP contribution in [0.25, 0.3) is 11.1 Å². The summed E-state index contributed by atoms with van der Waals surface area (Å²) < 4.78 is 0. The molecule has 1 unspecified atom stereocenters. The van der Waals surface area contributed by atoms with Crippen molar-refractivity contribution in [2.45, 2.75) is 17.9 Å². The minimum absolute atomic E-state index is 0.0337. The zero-order chi connectivity index (χ0) is 21.5. The first-order valence-corrected chi connectivity index (χ1v) is 10.8. The lowest BCUT2D eigenvalue weighted by Gasteiger charge is -2.12. The standard InChI is InChI=1S/C24H21ClO4S/c25-21-9-7-18(8-10-21)17-3-5-19(6-4-17)23(27)13-20(24(28)29)15-30-22-11-1-16(14-26)2-12-22/h1-12,20,26H,13-15H2,(H,28,29). The van der Waals surface area contributed by atoms with E-state index in [9.17, 15) is 14.7 Å². The smallest absolute Gasteiger partial charge is 0.307 e. The van der Waals surface area contributed by atoms with Gasteiger partial charge in [0.2, 0.25) is 0 Å². The van der Waals surface area contributed by atoms with Gasteiger partial charge >= 0.3 is 5.97 Å². The van der Waals surface area contributed by atoms with Gasteiger partial charge in [-0.1, -0.05) is 60.1 Å². The molecule has 2 N–H and O–H groups in total. The summed E-state index contributed by atoms with van der Waals surface area (Å²) in [6, 6.07) is 21.9. The van der Waals surface area contributed by atoms with E-state index in [1.54, 1.807) is 24.3 Å². The van der Waals surface area contributed by atoms with E-state index in [2.05, 4.69) is 0 Å². The van der Waals surface area contributed by atoms with Crippen molar-refractivity contribution in [3.05, 3.63) is 88.9 Å². The maximum Gasteiger partial charge on any atom is 0.307 e. The average molecular weight is 441 g/mol. The molecule has 154 valence electrons. The average Bonchev–Trinajstić information content (AvgIpc) is 2.77. The van der Waals surface area contributed by atoms with Gasteiger partial charge in [-0.15, -0.1) is 11.8 Å². The number of aliphatic hydroxyl groups is 1. The normalized spacial score (nSPS) is 11.8. The van der Waals surface area contributed by atoms with Crippen LogP contribution < -0.4 is 0 Å². The number of halogens is 1. The van der Waals surface area contributed by atoms with Crippen molar-refractivity contribution in [2.24, 2.45) is 5.92 Å². The van der Waals surface area contributed by atoms with Gasteiger partial charge in [0.1, 0.15) is 0 Å². The molecule has 0 spiro atoms. The highest BCUT2D eigenvalue weighted by molar-refractivity contribution is 7.99. The van der Waals surface area contributed by atoms with Gasteiger partial charge in [-0.25, -0.2) is 0 Å². The molecule has 0 aliphatic heterocycles. The third-order valence-electron chi connectivity index (χ3n) is 4.72. The molecule has 0 radical (unpaired) electrons. The van der Waals surface area contributed by atoms with E-state index in [1.807, 2.05) is 48.5 Å². The van der Waals surface area contributed by atoms with Gasteiger partial charge in [0.25, 0.3) is 0 Å². The summed E-state index contributed by atoms with van der Waals surface area (Å²) in [6.07, 6.45) is -0.0582. The van der Waals surface area contributed by atoms with Gasteiger partial charge in [-0.3, -0.25) is 9.59 Å². The van der Waals surface area contributed by atoms with Crippen molar-refractivity contribution in [2.75, 3.05) is 5.75 Å². The number of aliphatic hydroxyl groups excluding tert-OH is 1. The number of Topliss-reactive ketones (excluding diaryl/α,β-unsaturated/α-hetero) is 1. The Kier molecular flexibility index (Phi) is 7.69. The third kappa shape index (κ3) is 5.95. The van der Waals surface area contributed by atoms with Crippen molar-refractivity contribution in [1.29, 1.82) is 0 Å². The Bertz CT molecular complexity index is 999. The quantitative estimate of drug-likeness (QED) is 0.336. The van der Waals surface area contributed by atoms with Gasteiger partial charge in [-0.05, 0) is 41.0 Å². The lowest BCUT2D eigenvalue weighted by molar-refractivity contribution is -0.140. The Morgan fingerprint density at radius 3 is 1.97 bits per heavy atom. The fourth-order valence-electron chi connectivity index (χ4n) is 2.94. The minimum atomic E-state index is -0.986. The van der Waals surface area contributed by atoms with E-state index in [1.165, 1.54) is 11.8 Å². The molecule has 1 atom stereocenters. The number of rotatable bonds is 9. The van der Waals surface area contributed by atoms with Crippen LogP contribution in [0.15, 0.2) is 77.7 Å². The first-order valence-electron chi connectivity index (χ1n) is 9.41. The number of carboxylic acids is 1. The largest absolute Gasteiger partial charge is 0.481 e. The molecule has 0 saturated heterocycles. The molecule has 0 aliphatic carbocycles. The molecule has 6 heteroatoms. The molecule has 3 rings (SSSR count). The summed E-state index contributed by atoms with van der Waals surface area (Å²) >= 11 is 7.30. The molecule has 0 heterocycles. The number of thioether (sulfide) groups is 1. The number of carbonyl (C=O) groups excluding carboxylic acids is 1. The van der Waals surface area contributed by atoms with Crippen LogP contribution in [0, 0.1) is 5.92 Å². The number of ketones is 1. The van der Waals surface area contributed by atoms with Crippen LogP contribution in [0.4, 0.5) is 0 Å².